The van der Waals surface area contributed by atoms with Crippen molar-refractivity contribution in [3.8, 4) is 0 Å². The molecule has 1 fully saturated rings. The second-order valence-electron chi connectivity index (χ2n) is 5.49. The van der Waals surface area contributed by atoms with Crippen LogP contribution < -0.4 is 0 Å². The molecule has 4 nitrogen and oxygen atoms in total. The number of hydrogen-bond acceptors (Lipinski definition) is 4. The van der Waals surface area contributed by atoms with Gasteiger partial charge in [0.25, 0.3) is 0 Å². The fourth-order valence-corrected chi connectivity index (χ4v) is 3.47. The monoisotopic (exact) mass is 329 g/mol. The number of benzene rings is 1. The van der Waals surface area contributed by atoms with Gasteiger partial charge in [0, 0.05) is 19.4 Å². The van der Waals surface area contributed by atoms with Gasteiger partial charge < -0.3 is 9.64 Å². The average Bonchev–Trinajstić information content (AvgIpc) is 3.15. The molecule has 0 aliphatic carbocycles. The molecule has 5 heteroatoms. The summed E-state index contributed by atoms with van der Waals surface area (Å²) in [7, 11) is 0. The second-order valence-corrected chi connectivity index (χ2v) is 6.44. The molecule has 2 heterocycles. The SMILES string of the molecule is O=C(CCC(=O)N1CCOC[C@H]1c1ccccc1)c1cccs1. The molecule has 0 bridgehead atoms. The third-order valence-corrected chi connectivity index (χ3v) is 4.91. The smallest absolute Gasteiger partial charge is 0.223 e. The van der Waals surface area contributed by atoms with Crippen LogP contribution in [-0.2, 0) is 9.53 Å². The fourth-order valence-electron chi connectivity index (χ4n) is 2.78. The van der Waals surface area contributed by atoms with Gasteiger partial charge in [0.1, 0.15) is 0 Å². The Balaban J connectivity index is 1.63. The van der Waals surface area contributed by atoms with Crippen LogP contribution in [0.2, 0.25) is 0 Å². The molecule has 0 spiro atoms. The quantitative estimate of drug-likeness (QED) is 0.791. The largest absolute Gasteiger partial charge is 0.377 e. The first-order chi connectivity index (χ1) is 11.3. The molecule has 0 saturated carbocycles. The van der Waals surface area contributed by atoms with Crippen LogP contribution in [0.4, 0.5) is 0 Å². The lowest BCUT2D eigenvalue weighted by Crippen LogP contribution is -2.43. The summed E-state index contributed by atoms with van der Waals surface area (Å²) in [5.74, 6) is 0.0601. The molecular formula is C18H19NO3S. The van der Waals surface area contributed by atoms with E-state index in [1.54, 1.807) is 6.07 Å². The van der Waals surface area contributed by atoms with Gasteiger partial charge in [0.15, 0.2) is 5.78 Å². The molecule has 1 aromatic heterocycles. The van der Waals surface area contributed by atoms with Crippen LogP contribution in [0, 0.1) is 0 Å². The van der Waals surface area contributed by atoms with Crippen LogP contribution in [0.25, 0.3) is 0 Å². The first kappa shape index (κ1) is 15.9. The van der Waals surface area contributed by atoms with Gasteiger partial charge >= 0.3 is 0 Å². The maximum Gasteiger partial charge on any atom is 0.223 e. The zero-order chi connectivity index (χ0) is 16.1. The van der Waals surface area contributed by atoms with Gasteiger partial charge in [-0.1, -0.05) is 36.4 Å². The van der Waals surface area contributed by atoms with Crippen LogP contribution in [0.1, 0.15) is 34.1 Å². The van der Waals surface area contributed by atoms with E-state index in [4.69, 9.17) is 4.74 Å². The predicted molar refractivity (Wildman–Crippen MR) is 89.6 cm³/mol. The zero-order valence-corrected chi connectivity index (χ0v) is 13.6. The van der Waals surface area contributed by atoms with Crippen LogP contribution in [-0.4, -0.2) is 36.3 Å². The first-order valence-corrected chi connectivity index (χ1v) is 8.62. The van der Waals surface area contributed by atoms with E-state index >= 15 is 0 Å². The molecule has 0 radical (unpaired) electrons. The van der Waals surface area contributed by atoms with Crippen LogP contribution in [0.3, 0.4) is 0 Å². The Bertz CT molecular complexity index is 654. The Morgan fingerprint density at radius 1 is 1.13 bits per heavy atom. The molecule has 1 saturated heterocycles. The molecule has 1 aliphatic heterocycles. The number of carbonyl (C=O) groups excluding carboxylic acids is 2. The summed E-state index contributed by atoms with van der Waals surface area (Å²) < 4.78 is 5.54. The molecule has 1 atom stereocenters. The molecule has 3 rings (SSSR count). The van der Waals surface area contributed by atoms with Crippen molar-refractivity contribution in [3.05, 3.63) is 58.3 Å². The number of nitrogens with zero attached hydrogens (tertiary/aromatic N) is 1. The summed E-state index contributed by atoms with van der Waals surface area (Å²) in [4.78, 5) is 27.2. The number of hydrogen-bond donors (Lipinski definition) is 0. The molecule has 120 valence electrons. The van der Waals surface area contributed by atoms with Crippen molar-refractivity contribution in [2.75, 3.05) is 19.8 Å². The molecule has 2 aromatic rings. The molecule has 0 unspecified atom stereocenters. The van der Waals surface area contributed by atoms with E-state index in [0.717, 1.165) is 10.4 Å². The molecule has 0 N–H and O–H groups in total. The van der Waals surface area contributed by atoms with Crippen molar-refractivity contribution in [1.82, 2.24) is 4.90 Å². The summed E-state index contributed by atoms with van der Waals surface area (Å²) in [6.45, 7) is 1.63. The topological polar surface area (TPSA) is 46.6 Å². The highest BCUT2D eigenvalue weighted by Crippen LogP contribution is 2.25. The number of carbonyl (C=O) groups is 2. The number of thiophene rings is 1. The van der Waals surface area contributed by atoms with Gasteiger partial charge in [-0.3, -0.25) is 9.59 Å². The predicted octanol–water partition coefficient (Wildman–Crippen LogP) is 3.31. The first-order valence-electron chi connectivity index (χ1n) is 7.74. The third-order valence-electron chi connectivity index (χ3n) is 4.00. The van der Waals surface area contributed by atoms with Crippen LogP contribution in [0.5, 0.6) is 0 Å². The van der Waals surface area contributed by atoms with Crippen molar-refractivity contribution in [3.63, 3.8) is 0 Å². The van der Waals surface area contributed by atoms with Crippen molar-refractivity contribution >= 4 is 23.0 Å². The number of amides is 1. The number of ketones is 1. The van der Waals surface area contributed by atoms with Crippen molar-refractivity contribution in [2.45, 2.75) is 18.9 Å². The van der Waals surface area contributed by atoms with Crippen LogP contribution >= 0.6 is 11.3 Å². The van der Waals surface area contributed by atoms with E-state index in [2.05, 4.69) is 0 Å². The van der Waals surface area contributed by atoms with Gasteiger partial charge in [-0.2, -0.15) is 0 Å². The maximum absolute atomic E-state index is 12.6. The fraction of sp³-hybridized carbons (Fsp3) is 0.333. The highest BCUT2D eigenvalue weighted by Gasteiger charge is 2.28. The van der Waals surface area contributed by atoms with Gasteiger partial charge in [-0.15, -0.1) is 11.3 Å². The zero-order valence-electron chi connectivity index (χ0n) is 12.8. The van der Waals surface area contributed by atoms with Gasteiger partial charge in [0.05, 0.1) is 24.1 Å². The summed E-state index contributed by atoms with van der Waals surface area (Å²) in [5.41, 5.74) is 1.07. The third kappa shape index (κ3) is 3.86. The van der Waals surface area contributed by atoms with E-state index in [1.165, 1.54) is 11.3 Å². The molecule has 1 amide bonds. The second kappa shape index (κ2) is 7.53. The van der Waals surface area contributed by atoms with E-state index in [1.807, 2.05) is 46.7 Å². The standard InChI is InChI=1S/C18H19NO3S/c20-16(17-7-4-12-23-17)8-9-18(21)19-10-11-22-13-15(19)14-5-2-1-3-6-14/h1-7,12,15H,8-11,13H2/t15-/m0/s1. The number of Topliss-reactive ketones (excluding diaryl/α,β-unsaturated/α-hetero) is 1. The Morgan fingerprint density at radius 3 is 2.70 bits per heavy atom. The summed E-state index contributed by atoms with van der Waals surface area (Å²) in [6, 6.07) is 13.5. The van der Waals surface area contributed by atoms with Gasteiger partial charge in [-0.25, -0.2) is 0 Å². The molecule has 23 heavy (non-hydrogen) atoms. The van der Waals surface area contributed by atoms with Crippen molar-refractivity contribution < 1.29 is 14.3 Å². The lowest BCUT2D eigenvalue weighted by molar-refractivity contribution is -0.140. The average molecular weight is 329 g/mol. The maximum atomic E-state index is 12.6. The molecular weight excluding hydrogens is 310 g/mol. The molecule has 1 aliphatic rings. The lowest BCUT2D eigenvalue weighted by Gasteiger charge is -2.36. The number of morpholine rings is 1. The summed E-state index contributed by atoms with van der Waals surface area (Å²) in [5, 5.41) is 1.88. The summed E-state index contributed by atoms with van der Waals surface area (Å²) in [6.07, 6.45) is 0.512. The van der Waals surface area contributed by atoms with Gasteiger partial charge in [0.2, 0.25) is 5.91 Å². The Kier molecular flexibility index (Phi) is 5.20. The van der Waals surface area contributed by atoms with Crippen molar-refractivity contribution in [2.24, 2.45) is 0 Å². The minimum atomic E-state index is -0.0608. The lowest BCUT2D eigenvalue weighted by atomic mass is 10.0. The Morgan fingerprint density at radius 2 is 1.96 bits per heavy atom. The minimum absolute atomic E-state index is 0.0204. The van der Waals surface area contributed by atoms with Crippen LogP contribution in [0.15, 0.2) is 47.8 Å². The normalized spacial score (nSPS) is 17.9. The van der Waals surface area contributed by atoms with E-state index < -0.39 is 0 Å². The Hall–Kier alpha value is -1.98. The Labute approximate surface area is 139 Å². The highest BCUT2D eigenvalue weighted by atomic mass is 32.1. The minimum Gasteiger partial charge on any atom is -0.377 e. The summed E-state index contributed by atoms with van der Waals surface area (Å²) >= 11 is 1.42. The van der Waals surface area contributed by atoms with E-state index in [0.29, 0.717) is 19.8 Å². The van der Waals surface area contributed by atoms with E-state index in [9.17, 15) is 9.59 Å². The molecule has 1 aromatic carbocycles. The number of rotatable bonds is 5. The van der Waals surface area contributed by atoms with Gasteiger partial charge in [-0.05, 0) is 17.0 Å². The highest BCUT2D eigenvalue weighted by molar-refractivity contribution is 7.12. The number of ether oxygens (including phenoxy) is 1. The van der Waals surface area contributed by atoms with Crippen molar-refractivity contribution in [1.29, 1.82) is 0 Å². The van der Waals surface area contributed by atoms with E-state index in [-0.39, 0.29) is 30.6 Å².